The van der Waals surface area contributed by atoms with Crippen molar-refractivity contribution in [2.45, 2.75) is 38.1 Å². The van der Waals surface area contributed by atoms with Gasteiger partial charge in [0.05, 0.1) is 11.2 Å². The fourth-order valence-corrected chi connectivity index (χ4v) is 1.93. The second kappa shape index (κ2) is 4.37. The summed E-state index contributed by atoms with van der Waals surface area (Å²) in [4.78, 5) is 11.9. The van der Waals surface area contributed by atoms with E-state index in [0.29, 0.717) is 18.5 Å². The average Bonchev–Trinajstić information content (AvgIpc) is 2.28. The lowest BCUT2D eigenvalue weighted by molar-refractivity contribution is -0.123. The number of rotatable bonds is 3. The molecule has 0 radical (unpaired) electrons. The van der Waals surface area contributed by atoms with Crippen LogP contribution in [-0.4, -0.2) is 16.6 Å². The molecule has 0 saturated heterocycles. The molecule has 1 aliphatic carbocycles. The Balaban J connectivity index is 2.15. The van der Waals surface area contributed by atoms with Gasteiger partial charge in [0, 0.05) is 0 Å². The van der Waals surface area contributed by atoms with Gasteiger partial charge in [-0.1, -0.05) is 13.0 Å². The minimum atomic E-state index is -0.741. The van der Waals surface area contributed by atoms with Crippen molar-refractivity contribution < 1.29 is 9.90 Å². The number of hydrogen-bond acceptors (Lipinski definition) is 3. The number of nitrogens with one attached hydrogen (secondary N) is 1. The molecule has 0 aromatic heterocycles. The molecule has 0 bridgehead atoms. The van der Waals surface area contributed by atoms with Gasteiger partial charge in [-0.25, -0.2) is 0 Å². The molecule has 4 heteroatoms. The lowest BCUT2D eigenvalue weighted by atomic mass is 9.77. The Morgan fingerprint density at radius 3 is 2.76 bits per heavy atom. The summed E-state index contributed by atoms with van der Waals surface area (Å²) in [5.74, 6) is -0.120. The second-order valence-corrected chi connectivity index (χ2v) is 4.67. The summed E-state index contributed by atoms with van der Waals surface area (Å²) in [6.45, 7) is 2.02. The van der Waals surface area contributed by atoms with Crippen LogP contribution in [0.1, 0.15) is 31.7 Å². The van der Waals surface area contributed by atoms with Gasteiger partial charge in [0.2, 0.25) is 5.91 Å². The van der Waals surface area contributed by atoms with Crippen LogP contribution in [-0.2, 0) is 11.2 Å². The molecule has 0 heterocycles. The fourth-order valence-electron chi connectivity index (χ4n) is 1.93. The van der Waals surface area contributed by atoms with Crippen LogP contribution in [0.25, 0.3) is 0 Å². The maximum absolute atomic E-state index is 11.9. The van der Waals surface area contributed by atoms with Crippen molar-refractivity contribution in [3.05, 3.63) is 23.8 Å². The highest BCUT2D eigenvalue weighted by molar-refractivity contribution is 5.99. The average molecular weight is 234 g/mol. The number of aromatic hydroxyl groups is 1. The van der Waals surface area contributed by atoms with Gasteiger partial charge in [-0.3, -0.25) is 4.79 Å². The number of carbonyl (C=O) groups is 1. The van der Waals surface area contributed by atoms with Gasteiger partial charge in [0.15, 0.2) is 0 Å². The third kappa shape index (κ3) is 2.26. The number of aryl methyl sites for hydroxylation is 1. The predicted molar refractivity (Wildman–Crippen MR) is 66.9 cm³/mol. The predicted octanol–water partition coefficient (Wildman–Crippen LogP) is 1.77. The van der Waals surface area contributed by atoms with Gasteiger partial charge in [-0.2, -0.15) is 0 Å². The van der Waals surface area contributed by atoms with Crippen LogP contribution >= 0.6 is 0 Å². The summed E-state index contributed by atoms with van der Waals surface area (Å²) in [7, 11) is 0. The molecule has 0 atom stereocenters. The number of amides is 1. The Morgan fingerprint density at radius 2 is 2.24 bits per heavy atom. The number of phenolic OH excluding ortho intramolecular Hbond substituents is 1. The molecule has 2 rings (SSSR count). The molecule has 4 N–H and O–H groups in total. The van der Waals surface area contributed by atoms with E-state index in [1.165, 1.54) is 0 Å². The summed E-state index contributed by atoms with van der Waals surface area (Å²) in [5, 5.41) is 12.4. The number of benzene rings is 1. The Bertz CT molecular complexity index is 439. The normalized spacial score (nSPS) is 17.3. The molecule has 17 heavy (non-hydrogen) atoms. The molecule has 1 aliphatic rings. The topological polar surface area (TPSA) is 75.3 Å². The van der Waals surface area contributed by atoms with Gasteiger partial charge in [-0.05, 0) is 43.4 Å². The minimum absolute atomic E-state index is 0.0819. The molecule has 0 aliphatic heterocycles. The molecule has 1 fully saturated rings. The molecular weight excluding hydrogens is 216 g/mol. The summed E-state index contributed by atoms with van der Waals surface area (Å²) in [5.41, 5.74) is 6.70. The summed E-state index contributed by atoms with van der Waals surface area (Å²) in [6.07, 6.45) is 3.28. The zero-order chi connectivity index (χ0) is 12.5. The fraction of sp³-hybridized carbons (Fsp3) is 0.462. The number of phenols is 1. The van der Waals surface area contributed by atoms with Crippen LogP contribution in [0.4, 0.5) is 5.69 Å². The molecule has 4 nitrogen and oxygen atoms in total. The van der Waals surface area contributed by atoms with Crippen molar-refractivity contribution in [3.8, 4) is 5.75 Å². The zero-order valence-electron chi connectivity index (χ0n) is 9.99. The van der Waals surface area contributed by atoms with Crippen molar-refractivity contribution in [2.75, 3.05) is 5.32 Å². The molecule has 92 valence electrons. The van der Waals surface area contributed by atoms with Crippen molar-refractivity contribution in [1.82, 2.24) is 0 Å². The first kappa shape index (κ1) is 11.9. The van der Waals surface area contributed by atoms with Gasteiger partial charge in [0.25, 0.3) is 0 Å². The largest absolute Gasteiger partial charge is 0.506 e. The van der Waals surface area contributed by atoms with E-state index in [-0.39, 0.29) is 11.7 Å². The maximum Gasteiger partial charge on any atom is 0.244 e. The number of carbonyl (C=O) groups excluding carboxylic acids is 1. The van der Waals surface area contributed by atoms with Crippen LogP contribution in [0.15, 0.2) is 18.2 Å². The van der Waals surface area contributed by atoms with Crippen molar-refractivity contribution in [1.29, 1.82) is 0 Å². The highest BCUT2D eigenvalue weighted by Gasteiger charge is 2.40. The van der Waals surface area contributed by atoms with E-state index in [2.05, 4.69) is 5.32 Å². The first-order chi connectivity index (χ1) is 8.05. The van der Waals surface area contributed by atoms with E-state index in [1.807, 2.05) is 13.0 Å². The molecule has 1 amide bonds. The highest BCUT2D eigenvalue weighted by Crippen LogP contribution is 2.32. The van der Waals surface area contributed by atoms with Crippen LogP contribution in [0.5, 0.6) is 5.75 Å². The number of anilines is 1. The first-order valence-corrected chi connectivity index (χ1v) is 5.97. The third-order valence-electron chi connectivity index (χ3n) is 3.42. The van der Waals surface area contributed by atoms with E-state index < -0.39 is 5.54 Å². The van der Waals surface area contributed by atoms with E-state index in [9.17, 15) is 9.90 Å². The van der Waals surface area contributed by atoms with Crippen molar-refractivity contribution in [2.24, 2.45) is 5.73 Å². The third-order valence-corrected chi connectivity index (χ3v) is 3.42. The Morgan fingerprint density at radius 1 is 1.53 bits per heavy atom. The first-order valence-electron chi connectivity index (χ1n) is 5.97. The van der Waals surface area contributed by atoms with E-state index in [1.54, 1.807) is 12.1 Å². The van der Waals surface area contributed by atoms with Gasteiger partial charge >= 0.3 is 0 Å². The molecule has 1 saturated carbocycles. The maximum atomic E-state index is 11.9. The zero-order valence-corrected chi connectivity index (χ0v) is 9.99. The van der Waals surface area contributed by atoms with Gasteiger partial charge in [0.1, 0.15) is 5.75 Å². The molecule has 0 unspecified atom stereocenters. The quantitative estimate of drug-likeness (QED) is 0.698. The Hall–Kier alpha value is -1.55. The highest BCUT2D eigenvalue weighted by atomic mass is 16.3. The number of nitrogens with two attached hydrogens (primary N) is 1. The van der Waals surface area contributed by atoms with E-state index in [0.717, 1.165) is 18.4 Å². The summed E-state index contributed by atoms with van der Waals surface area (Å²) >= 11 is 0. The SMILES string of the molecule is CCc1ccc(O)c(NC(=O)C2(N)CCC2)c1. The Kier molecular flexibility index (Phi) is 3.07. The van der Waals surface area contributed by atoms with E-state index in [4.69, 9.17) is 5.73 Å². The van der Waals surface area contributed by atoms with Gasteiger partial charge in [-0.15, -0.1) is 0 Å². The standard InChI is InChI=1S/C13H18N2O2/c1-2-9-4-5-11(16)10(8-9)15-12(17)13(14)6-3-7-13/h4-5,8,16H,2-3,6-7,14H2,1H3,(H,15,17). The van der Waals surface area contributed by atoms with Crippen LogP contribution in [0.2, 0.25) is 0 Å². The second-order valence-electron chi connectivity index (χ2n) is 4.67. The molecule has 0 spiro atoms. The monoisotopic (exact) mass is 234 g/mol. The van der Waals surface area contributed by atoms with Crippen molar-refractivity contribution in [3.63, 3.8) is 0 Å². The summed E-state index contributed by atoms with van der Waals surface area (Å²) < 4.78 is 0. The smallest absolute Gasteiger partial charge is 0.244 e. The molecular formula is C13H18N2O2. The van der Waals surface area contributed by atoms with E-state index >= 15 is 0 Å². The lowest BCUT2D eigenvalue weighted by Gasteiger charge is -2.36. The van der Waals surface area contributed by atoms with Crippen LogP contribution < -0.4 is 11.1 Å². The Labute approximate surface area is 101 Å². The summed E-state index contributed by atoms with van der Waals surface area (Å²) in [6, 6.07) is 5.22. The van der Waals surface area contributed by atoms with Crippen LogP contribution in [0.3, 0.4) is 0 Å². The minimum Gasteiger partial charge on any atom is -0.506 e. The number of hydrogen-bond donors (Lipinski definition) is 3. The lowest BCUT2D eigenvalue weighted by Crippen LogP contribution is -2.56. The van der Waals surface area contributed by atoms with Gasteiger partial charge < -0.3 is 16.2 Å². The molecule has 1 aromatic rings. The van der Waals surface area contributed by atoms with Crippen molar-refractivity contribution >= 4 is 11.6 Å². The molecule has 1 aromatic carbocycles. The van der Waals surface area contributed by atoms with Crippen LogP contribution in [0, 0.1) is 0 Å².